The molecule has 0 aromatic carbocycles. The molecule has 3 heterocycles. The first-order valence-corrected chi connectivity index (χ1v) is 12.2. The molecule has 0 unspecified atom stereocenters. The maximum absolute atomic E-state index is 12.6. The fourth-order valence-electron chi connectivity index (χ4n) is 3.39. The highest BCUT2D eigenvalue weighted by atomic mass is 32.2. The van der Waals surface area contributed by atoms with Crippen molar-refractivity contribution in [3.63, 3.8) is 0 Å². The highest BCUT2D eigenvalue weighted by molar-refractivity contribution is 7.93. The SMILES string of the molecule is CCOc1cncc(N2CCN(C(=O)NCc3cc(NS(=O)(=O)C4CC4)ccn3)CC2)n1. The molecule has 2 amide bonds. The lowest BCUT2D eigenvalue weighted by molar-refractivity contribution is 0.193. The molecule has 2 fully saturated rings. The molecule has 4 rings (SSSR count). The Bertz CT molecular complexity index is 1050. The van der Waals surface area contributed by atoms with Crippen molar-refractivity contribution >= 4 is 27.6 Å². The van der Waals surface area contributed by atoms with Crippen molar-refractivity contribution in [1.29, 1.82) is 0 Å². The van der Waals surface area contributed by atoms with Gasteiger partial charge in [-0.2, -0.15) is 4.98 Å². The molecule has 11 nitrogen and oxygen atoms in total. The molecule has 172 valence electrons. The Labute approximate surface area is 187 Å². The Kier molecular flexibility index (Phi) is 6.58. The zero-order valence-corrected chi connectivity index (χ0v) is 18.7. The highest BCUT2D eigenvalue weighted by Crippen LogP contribution is 2.29. The van der Waals surface area contributed by atoms with Gasteiger partial charge in [0.05, 0.1) is 42.2 Å². The molecule has 1 aliphatic carbocycles. The van der Waals surface area contributed by atoms with Crippen molar-refractivity contribution in [1.82, 2.24) is 25.2 Å². The number of nitrogens with zero attached hydrogens (tertiary/aromatic N) is 5. The van der Waals surface area contributed by atoms with Crippen LogP contribution in [0.2, 0.25) is 0 Å². The first-order chi connectivity index (χ1) is 15.4. The van der Waals surface area contributed by atoms with Crippen molar-refractivity contribution < 1.29 is 17.9 Å². The van der Waals surface area contributed by atoms with Gasteiger partial charge in [-0.3, -0.25) is 14.7 Å². The van der Waals surface area contributed by atoms with Crippen LogP contribution >= 0.6 is 0 Å². The number of ether oxygens (including phenoxy) is 1. The molecule has 1 saturated heterocycles. The van der Waals surface area contributed by atoms with Crippen LogP contribution in [0.15, 0.2) is 30.7 Å². The number of aromatic nitrogens is 3. The second-order valence-electron chi connectivity index (χ2n) is 7.66. The number of hydrogen-bond donors (Lipinski definition) is 2. The number of rotatable bonds is 8. The van der Waals surface area contributed by atoms with E-state index >= 15 is 0 Å². The van der Waals surface area contributed by atoms with Crippen LogP contribution in [0.1, 0.15) is 25.5 Å². The predicted molar refractivity (Wildman–Crippen MR) is 119 cm³/mol. The summed E-state index contributed by atoms with van der Waals surface area (Å²) in [4.78, 5) is 29.2. The van der Waals surface area contributed by atoms with E-state index in [1.807, 2.05) is 6.92 Å². The summed E-state index contributed by atoms with van der Waals surface area (Å²) in [6, 6.07) is 3.06. The summed E-state index contributed by atoms with van der Waals surface area (Å²) in [5.41, 5.74) is 1.04. The van der Waals surface area contributed by atoms with Gasteiger partial charge >= 0.3 is 6.03 Å². The molecule has 2 N–H and O–H groups in total. The lowest BCUT2D eigenvalue weighted by atomic mass is 10.3. The minimum absolute atomic E-state index is 0.190. The lowest BCUT2D eigenvalue weighted by Crippen LogP contribution is -2.52. The quantitative estimate of drug-likeness (QED) is 0.600. The summed E-state index contributed by atoms with van der Waals surface area (Å²) in [6.45, 7) is 4.98. The van der Waals surface area contributed by atoms with Gasteiger partial charge in [0.1, 0.15) is 0 Å². The predicted octanol–water partition coefficient (Wildman–Crippen LogP) is 1.21. The highest BCUT2D eigenvalue weighted by Gasteiger charge is 2.35. The van der Waals surface area contributed by atoms with Crippen LogP contribution in [0.5, 0.6) is 5.88 Å². The fourth-order valence-corrected chi connectivity index (χ4v) is 4.77. The zero-order chi connectivity index (χ0) is 22.6. The van der Waals surface area contributed by atoms with Gasteiger partial charge in [-0.1, -0.05) is 0 Å². The third-order valence-corrected chi connectivity index (χ3v) is 7.11. The molecule has 0 atom stereocenters. The summed E-state index contributed by atoms with van der Waals surface area (Å²) in [7, 11) is -3.33. The molecule has 1 saturated carbocycles. The Morgan fingerprint density at radius 3 is 2.72 bits per heavy atom. The van der Waals surface area contributed by atoms with Gasteiger partial charge in [0.2, 0.25) is 15.9 Å². The van der Waals surface area contributed by atoms with E-state index in [-0.39, 0.29) is 17.8 Å². The topological polar surface area (TPSA) is 130 Å². The molecule has 0 bridgehead atoms. The number of urea groups is 1. The second-order valence-corrected chi connectivity index (χ2v) is 9.62. The average Bonchev–Trinajstić information content (AvgIpc) is 3.64. The van der Waals surface area contributed by atoms with Gasteiger partial charge in [-0.15, -0.1) is 0 Å². The molecular weight excluding hydrogens is 434 g/mol. The monoisotopic (exact) mass is 461 g/mol. The van der Waals surface area contributed by atoms with Crippen molar-refractivity contribution in [2.24, 2.45) is 0 Å². The summed E-state index contributed by atoms with van der Waals surface area (Å²) < 4.78 is 32.2. The average molecular weight is 462 g/mol. The number of pyridine rings is 1. The van der Waals surface area contributed by atoms with Gasteiger partial charge in [0.25, 0.3) is 0 Å². The third-order valence-electron chi connectivity index (χ3n) is 5.24. The summed E-state index contributed by atoms with van der Waals surface area (Å²) >= 11 is 0. The normalized spacial score (nSPS) is 16.5. The number of carbonyl (C=O) groups excluding carboxylic acids is 1. The summed E-state index contributed by atoms with van der Waals surface area (Å²) in [5.74, 6) is 1.21. The van der Waals surface area contributed by atoms with Crippen LogP contribution in [0.25, 0.3) is 0 Å². The van der Waals surface area contributed by atoms with Crippen LogP contribution in [0.4, 0.5) is 16.3 Å². The van der Waals surface area contributed by atoms with Crippen LogP contribution < -0.4 is 19.7 Å². The largest absolute Gasteiger partial charge is 0.477 e. The van der Waals surface area contributed by atoms with Crippen LogP contribution in [0.3, 0.4) is 0 Å². The number of anilines is 2. The standard InChI is InChI=1S/C20H27N7O4S/c1-2-31-19-14-21-13-18(24-19)26-7-9-27(10-8-26)20(28)23-12-16-11-15(5-6-22-16)25-32(29,30)17-3-4-17/h5-6,11,13-14,17H,2-4,7-10,12H2,1H3,(H,22,25)(H,23,28). The summed E-state index contributed by atoms with van der Waals surface area (Å²) in [6.07, 6.45) is 6.19. The van der Waals surface area contributed by atoms with E-state index in [2.05, 4.69) is 29.9 Å². The molecule has 0 radical (unpaired) electrons. The van der Waals surface area contributed by atoms with E-state index in [9.17, 15) is 13.2 Å². The van der Waals surface area contributed by atoms with E-state index in [0.717, 1.165) is 5.82 Å². The van der Waals surface area contributed by atoms with Crippen molar-refractivity contribution in [3.8, 4) is 5.88 Å². The first kappa shape index (κ1) is 22.1. The van der Waals surface area contributed by atoms with Crippen LogP contribution in [-0.4, -0.2) is 72.3 Å². The molecule has 2 aromatic rings. The maximum atomic E-state index is 12.6. The molecule has 12 heteroatoms. The van der Waals surface area contributed by atoms with Gasteiger partial charge in [-0.05, 0) is 31.9 Å². The molecule has 1 aliphatic heterocycles. The number of amides is 2. The number of nitrogens with one attached hydrogen (secondary N) is 2. The molecule has 32 heavy (non-hydrogen) atoms. The van der Waals surface area contributed by atoms with Gasteiger partial charge < -0.3 is 19.9 Å². The Morgan fingerprint density at radius 2 is 2.00 bits per heavy atom. The smallest absolute Gasteiger partial charge is 0.317 e. The van der Waals surface area contributed by atoms with Gasteiger partial charge in [-0.25, -0.2) is 13.2 Å². The Hall–Kier alpha value is -3.15. The third kappa shape index (κ3) is 5.55. The molecule has 0 spiro atoms. The zero-order valence-electron chi connectivity index (χ0n) is 17.9. The van der Waals surface area contributed by atoms with E-state index in [1.165, 1.54) is 6.20 Å². The van der Waals surface area contributed by atoms with Crippen molar-refractivity contribution in [3.05, 3.63) is 36.4 Å². The van der Waals surface area contributed by atoms with Crippen LogP contribution in [-0.2, 0) is 16.6 Å². The fraction of sp³-hybridized carbons (Fsp3) is 0.500. The first-order valence-electron chi connectivity index (χ1n) is 10.6. The summed E-state index contributed by atoms with van der Waals surface area (Å²) in [5, 5.41) is 2.55. The molecule has 2 aliphatic rings. The van der Waals surface area contributed by atoms with Crippen LogP contribution in [0, 0.1) is 0 Å². The second kappa shape index (κ2) is 9.55. The lowest BCUT2D eigenvalue weighted by Gasteiger charge is -2.35. The Balaban J connectivity index is 1.26. The number of piperazine rings is 1. The minimum Gasteiger partial charge on any atom is -0.477 e. The van der Waals surface area contributed by atoms with E-state index in [1.54, 1.807) is 29.4 Å². The van der Waals surface area contributed by atoms with E-state index in [4.69, 9.17) is 4.74 Å². The van der Waals surface area contributed by atoms with E-state index < -0.39 is 10.0 Å². The minimum atomic E-state index is -3.33. The number of hydrogen-bond acceptors (Lipinski definition) is 8. The Morgan fingerprint density at radius 1 is 1.22 bits per heavy atom. The van der Waals surface area contributed by atoms with E-state index in [0.29, 0.717) is 62.9 Å². The molecule has 2 aromatic heterocycles. The van der Waals surface area contributed by atoms with Gasteiger partial charge in [0.15, 0.2) is 5.82 Å². The van der Waals surface area contributed by atoms with Crippen molar-refractivity contribution in [2.45, 2.75) is 31.6 Å². The van der Waals surface area contributed by atoms with Gasteiger partial charge in [0, 0.05) is 32.4 Å². The number of sulfonamides is 1. The van der Waals surface area contributed by atoms with Crippen molar-refractivity contribution in [2.75, 3.05) is 42.4 Å². The number of carbonyl (C=O) groups is 1. The molecular formula is C20H27N7O4S. The maximum Gasteiger partial charge on any atom is 0.317 e.